The summed E-state index contributed by atoms with van der Waals surface area (Å²) in [6.45, 7) is 5.27. The van der Waals surface area contributed by atoms with E-state index in [0.29, 0.717) is 10.8 Å². The van der Waals surface area contributed by atoms with E-state index in [1.807, 2.05) is 62.4 Å². The summed E-state index contributed by atoms with van der Waals surface area (Å²) in [5, 5.41) is 6.38. The van der Waals surface area contributed by atoms with E-state index >= 15 is 0 Å². The van der Waals surface area contributed by atoms with Gasteiger partial charge in [0.25, 0.3) is 0 Å². The minimum atomic E-state index is -0.622. The molecule has 0 heterocycles. The van der Waals surface area contributed by atoms with E-state index in [4.69, 9.17) is 11.6 Å². The van der Waals surface area contributed by atoms with Gasteiger partial charge >= 0.3 is 0 Å². The molecule has 2 N–H and O–H groups in total. The Morgan fingerprint density at radius 1 is 1.12 bits per heavy atom. The monoisotopic (exact) mass is 390 g/mol. The highest BCUT2D eigenvalue weighted by atomic mass is 35.5. The van der Waals surface area contributed by atoms with Gasteiger partial charge in [0.2, 0.25) is 11.8 Å². The van der Waals surface area contributed by atoms with Crippen molar-refractivity contribution in [2.45, 2.75) is 37.8 Å². The number of rotatable bonds is 7. The second kappa shape index (κ2) is 9.64. The van der Waals surface area contributed by atoms with Crippen LogP contribution in [0.2, 0.25) is 5.02 Å². The van der Waals surface area contributed by atoms with Crippen molar-refractivity contribution in [1.29, 1.82) is 0 Å². The normalized spacial score (nSPS) is 12.9. The largest absolute Gasteiger partial charge is 0.348 e. The molecule has 4 nitrogen and oxygen atoms in total. The fraction of sp³-hybridized carbons (Fsp3) is 0.300. The van der Waals surface area contributed by atoms with Crippen molar-refractivity contribution in [1.82, 2.24) is 10.6 Å². The molecule has 0 saturated carbocycles. The molecule has 0 aliphatic carbocycles. The Morgan fingerprint density at radius 2 is 1.81 bits per heavy atom. The number of carbonyl (C=O) groups is 2. The highest BCUT2D eigenvalue weighted by Gasteiger charge is 2.21. The predicted octanol–water partition coefficient (Wildman–Crippen LogP) is 4.12. The molecule has 6 heteroatoms. The molecule has 0 aliphatic heterocycles. The molecule has 0 radical (unpaired) electrons. The molecule has 0 fully saturated rings. The van der Waals surface area contributed by atoms with E-state index in [1.54, 1.807) is 0 Å². The summed E-state index contributed by atoms with van der Waals surface area (Å²) >= 11 is 7.63. The molecule has 2 rings (SSSR count). The van der Waals surface area contributed by atoms with Gasteiger partial charge in [-0.05, 0) is 37.1 Å². The Morgan fingerprint density at radius 3 is 2.42 bits per heavy atom. The maximum atomic E-state index is 12.6. The van der Waals surface area contributed by atoms with Crippen LogP contribution in [0.3, 0.4) is 0 Å². The zero-order valence-corrected chi connectivity index (χ0v) is 16.7. The third-order valence-corrected chi connectivity index (χ3v) is 5.41. The van der Waals surface area contributed by atoms with E-state index in [-0.39, 0.29) is 17.9 Å². The van der Waals surface area contributed by atoms with Crippen LogP contribution in [0, 0.1) is 6.92 Å². The molecule has 0 bridgehead atoms. The summed E-state index contributed by atoms with van der Waals surface area (Å²) in [4.78, 5) is 25.1. The van der Waals surface area contributed by atoms with Gasteiger partial charge in [0, 0.05) is 22.6 Å². The molecular formula is C20H23ClN2O2S. The van der Waals surface area contributed by atoms with E-state index in [2.05, 4.69) is 10.6 Å². The zero-order chi connectivity index (χ0) is 19.1. The minimum Gasteiger partial charge on any atom is -0.348 e. The first kappa shape index (κ1) is 20.3. The van der Waals surface area contributed by atoms with Crippen LogP contribution in [0.5, 0.6) is 0 Å². The molecule has 2 unspecified atom stereocenters. The summed E-state index contributed by atoms with van der Waals surface area (Å²) in [7, 11) is 0. The molecule has 26 heavy (non-hydrogen) atoms. The number of thioether (sulfide) groups is 1. The molecule has 0 saturated heterocycles. The molecule has 138 valence electrons. The van der Waals surface area contributed by atoms with Gasteiger partial charge < -0.3 is 10.6 Å². The summed E-state index contributed by atoms with van der Waals surface area (Å²) in [5.41, 5.74) is 2.02. The summed E-state index contributed by atoms with van der Waals surface area (Å²) < 4.78 is 0. The topological polar surface area (TPSA) is 58.2 Å². The zero-order valence-electron chi connectivity index (χ0n) is 15.1. The van der Waals surface area contributed by atoms with Crippen LogP contribution in [-0.4, -0.2) is 23.6 Å². The molecule has 2 aromatic carbocycles. The Kier molecular flexibility index (Phi) is 7.54. The fourth-order valence-electron chi connectivity index (χ4n) is 2.41. The maximum Gasteiger partial charge on any atom is 0.243 e. The Bertz CT molecular complexity index is 768. The van der Waals surface area contributed by atoms with Crippen LogP contribution >= 0.6 is 23.4 Å². The van der Waals surface area contributed by atoms with Gasteiger partial charge in [0.15, 0.2) is 0 Å². The summed E-state index contributed by atoms with van der Waals surface area (Å²) in [6.07, 6.45) is 0. The molecular weight excluding hydrogens is 368 g/mol. The molecule has 0 aliphatic rings. The first-order valence-corrected chi connectivity index (χ1v) is 9.74. The Labute approximate surface area is 163 Å². The molecule has 0 spiro atoms. The maximum absolute atomic E-state index is 12.6. The average Bonchev–Trinajstić information content (AvgIpc) is 2.61. The number of hydrogen-bond acceptors (Lipinski definition) is 3. The highest BCUT2D eigenvalue weighted by molar-refractivity contribution is 7.99. The van der Waals surface area contributed by atoms with Crippen LogP contribution in [0.1, 0.15) is 31.0 Å². The highest BCUT2D eigenvalue weighted by Crippen LogP contribution is 2.25. The van der Waals surface area contributed by atoms with Crippen molar-refractivity contribution in [2.75, 3.05) is 5.75 Å². The predicted molar refractivity (Wildman–Crippen MR) is 108 cm³/mol. The Balaban J connectivity index is 2.02. The number of carbonyl (C=O) groups excluding carboxylic acids is 2. The van der Waals surface area contributed by atoms with Crippen LogP contribution < -0.4 is 10.6 Å². The number of halogens is 1. The molecule has 2 amide bonds. The van der Waals surface area contributed by atoms with Crippen molar-refractivity contribution in [2.24, 2.45) is 0 Å². The van der Waals surface area contributed by atoms with Gasteiger partial charge in [-0.25, -0.2) is 0 Å². The van der Waals surface area contributed by atoms with Crippen molar-refractivity contribution in [3.8, 4) is 0 Å². The molecule has 0 aromatic heterocycles. The Hall–Kier alpha value is -1.98. The second-order valence-corrected chi connectivity index (χ2v) is 7.62. The van der Waals surface area contributed by atoms with E-state index in [0.717, 1.165) is 16.0 Å². The lowest BCUT2D eigenvalue weighted by molar-refractivity contribution is -0.127. The standard InChI is InChI=1S/C20H23ClN2O2S/c1-13-9-10-17(11-18(13)21)26-12-19(23-15(3)24)20(25)22-14(2)16-7-5-4-6-8-16/h4-11,14,19H,12H2,1-3H3,(H,22,25)(H,23,24). The van der Waals surface area contributed by atoms with Gasteiger partial charge in [-0.2, -0.15) is 0 Å². The van der Waals surface area contributed by atoms with Crippen molar-refractivity contribution >= 4 is 35.2 Å². The lowest BCUT2D eigenvalue weighted by Crippen LogP contribution is -2.48. The lowest BCUT2D eigenvalue weighted by Gasteiger charge is -2.21. The van der Waals surface area contributed by atoms with Gasteiger partial charge in [-0.1, -0.05) is 48.0 Å². The van der Waals surface area contributed by atoms with Gasteiger partial charge in [0.1, 0.15) is 6.04 Å². The molecule has 2 aromatic rings. The van der Waals surface area contributed by atoms with Crippen LogP contribution in [0.4, 0.5) is 0 Å². The smallest absolute Gasteiger partial charge is 0.243 e. The van der Waals surface area contributed by atoms with Crippen molar-refractivity contribution in [3.63, 3.8) is 0 Å². The van der Waals surface area contributed by atoms with Gasteiger partial charge in [-0.15, -0.1) is 11.8 Å². The first-order chi connectivity index (χ1) is 12.4. The number of benzene rings is 2. The molecule has 2 atom stereocenters. The van der Waals surface area contributed by atoms with E-state index in [9.17, 15) is 9.59 Å². The quantitative estimate of drug-likeness (QED) is 0.699. The average molecular weight is 391 g/mol. The van der Waals surface area contributed by atoms with Crippen molar-refractivity contribution in [3.05, 3.63) is 64.7 Å². The van der Waals surface area contributed by atoms with E-state index < -0.39 is 6.04 Å². The van der Waals surface area contributed by atoms with Crippen LogP contribution in [0.25, 0.3) is 0 Å². The fourth-order valence-corrected chi connectivity index (χ4v) is 3.61. The second-order valence-electron chi connectivity index (χ2n) is 6.12. The number of hydrogen-bond donors (Lipinski definition) is 2. The minimum absolute atomic E-state index is 0.140. The van der Waals surface area contributed by atoms with Crippen LogP contribution in [0.15, 0.2) is 53.4 Å². The van der Waals surface area contributed by atoms with Gasteiger partial charge in [-0.3, -0.25) is 9.59 Å². The SMILES string of the molecule is CC(=O)NC(CSc1ccc(C)c(Cl)c1)C(=O)NC(C)c1ccccc1. The third kappa shape index (κ3) is 6.07. The van der Waals surface area contributed by atoms with Crippen LogP contribution in [-0.2, 0) is 9.59 Å². The first-order valence-electron chi connectivity index (χ1n) is 8.38. The lowest BCUT2D eigenvalue weighted by atomic mass is 10.1. The number of nitrogens with one attached hydrogen (secondary N) is 2. The number of aryl methyl sites for hydroxylation is 1. The van der Waals surface area contributed by atoms with Gasteiger partial charge in [0.05, 0.1) is 6.04 Å². The summed E-state index contributed by atoms with van der Waals surface area (Å²) in [6, 6.07) is 14.7. The summed E-state index contributed by atoms with van der Waals surface area (Å²) in [5.74, 6) is -0.0194. The number of amides is 2. The third-order valence-electron chi connectivity index (χ3n) is 3.91. The van der Waals surface area contributed by atoms with Crippen molar-refractivity contribution < 1.29 is 9.59 Å². The van der Waals surface area contributed by atoms with E-state index in [1.165, 1.54) is 18.7 Å².